The van der Waals surface area contributed by atoms with Crippen molar-refractivity contribution < 1.29 is 19.1 Å². The lowest BCUT2D eigenvalue weighted by Gasteiger charge is -2.16. The van der Waals surface area contributed by atoms with Crippen LogP contribution in [0.2, 0.25) is 0 Å². The molecule has 0 saturated carbocycles. The number of nitrogens with one attached hydrogen (secondary N) is 1. The van der Waals surface area contributed by atoms with Gasteiger partial charge in [-0.15, -0.1) is 11.6 Å². The summed E-state index contributed by atoms with van der Waals surface area (Å²) >= 11 is 5.40. The van der Waals surface area contributed by atoms with E-state index >= 15 is 0 Å². The van der Waals surface area contributed by atoms with Crippen LogP contribution >= 0.6 is 11.6 Å². The molecular formula is C16H21ClN2O4. The highest BCUT2D eigenvalue weighted by molar-refractivity contribution is 6.48. The van der Waals surface area contributed by atoms with E-state index in [-0.39, 0.29) is 6.61 Å². The van der Waals surface area contributed by atoms with Crippen LogP contribution in [0, 0.1) is 0 Å². The number of alkyl halides is 1. The predicted octanol–water partition coefficient (Wildman–Crippen LogP) is 1.79. The zero-order valence-electron chi connectivity index (χ0n) is 12.8. The average Bonchev–Trinajstić information content (AvgIpc) is 2.58. The van der Waals surface area contributed by atoms with Gasteiger partial charge in [-0.05, 0) is 31.4 Å². The van der Waals surface area contributed by atoms with E-state index < -0.39 is 29.6 Å². The second-order valence-corrected chi connectivity index (χ2v) is 5.23. The number of carbonyl (C=O) groups excluding carboxylic acids is 3. The lowest BCUT2D eigenvalue weighted by atomic mass is 10.0. The summed E-state index contributed by atoms with van der Waals surface area (Å²) in [5, 5.41) is 2.43. The van der Waals surface area contributed by atoms with Gasteiger partial charge in [-0.3, -0.25) is 9.59 Å². The van der Waals surface area contributed by atoms with Crippen molar-refractivity contribution in [3.05, 3.63) is 35.9 Å². The van der Waals surface area contributed by atoms with Gasteiger partial charge in [0.2, 0.25) is 11.6 Å². The van der Waals surface area contributed by atoms with E-state index in [0.717, 1.165) is 5.56 Å². The fourth-order valence-electron chi connectivity index (χ4n) is 1.93. The average molecular weight is 341 g/mol. The second kappa shape index (κ2) is 10.7. The van der Waals surface area contributed by atoms with Crippen LogP contribution in [-0.4, -0.2) is 36.1 Å². The molecule has 1 aromatic carbocycles. The molecule has 0 fully saturated rings. The molecule has 1 amide bonds. The molecule has 0 bridgehead atoms. The number of hydrogen-bond donors (Lipinski definition) is 2. The van der Waals surface area contributed by atoms with Crippen LogP contribution in [0.4, 0.5) is 4.79 Å². The van der Waals surface area contributed by atoms with Crippen LogP contribution in [0.25, 0.3) is 0 Å². The number of halogens is 1. The Morgan fingerprint density at radius 3 is 2.48 bits per heavy atom. The fraction of sp³-hybridized carbons (Fsp3) is 0.438. The van der Waals surface area contributed by atoms with Gasteiger partial charge < -0.3 is 15.8 Å². The molecule has 1 aromatic rings. The van der Waals surface area contributed by atoms with Gasteiger partial charge in [-0.1, -0.05) is 30.3 Å². The molecule has 6 nitrogen and oxygen atoms in total. The van der Waals surface area contributed by atoms with E-state index in [2.05, 4.69) is 5.32 Å². The molecule has 0 aliphatic rings. The van der Waals surface area contributed by atoms with Gasteiger partial charge in [0.15, 0.2) is 0 Å². The van der Waals surface area contributed by atoms with Crippen molar-refractivity contribution in [1.29, 1.82) is 0 Å². The third-order valence-electron chi connectivity index (χ3n) is 3.16. The van der Waals surface area contributed by atoms with Crippen LogP contribution in [0.1, 0.15) is 24.8 Å². The largest absolute Gasteiger partial charge is 0.445 e. The Morgan fingerprint density at radius 1 is 1.17 bits per heavy atom. The summed E-state index contributed by atoms with van der Waals surface area (Å²) < 4.78 is 5.06. The summed E-state index contributed by atoms with van der Waals surface area (Å²) in [6, 6.07) is 8.20. The molecule has 0 heterocycles. The molecule has 1 atom stereocenters. The highest BCUT2D eigenvalue weighted by Gasteiger charge is 2.26. The second-order valence-electron chi connectivity index (χ2n) is 4.96. The van der Waals surface area contributed by atoms with Crippen molar-refractivity contribution >= 4 is 29.3 Å². The maximum absolute atomic E-state index is 11.9. The van der Waals surface area contributed by atoms with E-state index in [1.807, 2.05) is 30.3 Å². The lowest BCUT2D eigenvalue weighted by Crippen LogP contribution is -2.44. The Hall–Kier alpha value is -1.92. The standard InChI is InChI=1S/C16H21ClN2O4/c17-10-14(20)15(21)13(8-4-5-9-18)19-16(22)23-11-12-6-2-1-3-7-12/h1-3,6-7,13H,4-5,8-11,18H2,(H,19,22)/t13-/m0/s1. The van der Waals surface area contributed by atoms with Gasteiger partial charge in [0.05, 0.1) is 11.9 Å². The zero-order chi connectivity index (χ0) is 17.1. The molecule has 23 heavy (non-hydrogen) atoms. The van der Waals surface area contributed by atoms with Gasteiger partial charge in [0, 0.05) is 0 Å². The topological polar surface area (TPSA) is 98.5 Å². The SMILES string of the molecule is NCCCC[C@H](NC(=O)OCc1ccccc1)C(=O)C(=O)CCl. The summed E-state index contributed by atoms with van der Waals surface area (Å²) in [5.41, 5.74) is 6.23. The van der Waals surface area contributed by atoms with Crippen molar-refractivity contribution in [1.82, 2.24) is 5.32 Å². The summed E-state index contributed by atoms with van der Waals surface area (Å²) in [6.07, 6.45) is 0.877. The van der Waals surface area contributed by atoms with Crippen molar-refractivity contribution in [2.24, 2.45) is 5.73 Å². The number of hydrogen-bond acceptors (Lipinski definition) is 5. The van der Waals surface area contributed by atoms with Gasteiger partial charge in [-0.2, -0.15) is 0 Å². The number of amides is 1. The minimum Gasteiger partial charge on any atom is -0.445 e. The van der Waals surface area contributed by atoms with Gasteiger partial charge in [-0.25, -0.2) is 4.79 Å². The highest BCUT2D eigenvalue weighted by Crippen LogP contribution is 2.05. The Morgan fingerprint density at radius 2 is 1.87 bits per heavy atom. The number of rotatable bonds is 10. The van der Waals surface area contributed by atoms with E-state index in [4.69, 9.17) is 22.1 Å². The summed E-state index contributed by atoms with van der Waals surface area (Å²) in [6.45, 7) is 0.558. The Balaban J connectivity index is 2.54. The van der Waals surface area contributed by atoms with Crippen LogP contribution in [0.5, 0.6) is 0 Å². The molecule has 7 heteroatoms. The predicted molar refractivity (Wildman–Crippen MR) is 87.2 cm³/mol. The molecular weight excluding hydrogens is 320 g/mol. The number of ether oxygens (including phenoxy) is 1. The number of ketones is 2. The van der Waals surface area contributed by atoms with E-state index in [0.29, 0.717) is 25.8 Å². The minimum atomic E-state index is -0.934. The molecule has 126 valence electrons. The van der Waals surface area contributed by atoms with E-state index in [1.54, 1.807) is 0 Å². The van der Waals surface area contributed by atoms with Crippen LogP contribution < -0.4 is 11.1 Å². The first-order chi connectivity index (χ1) is 11.1. The molecule has 0 radical (unpaired) electrons. The summed E-state index contributed by atoms with van der Waals surface area (Å²) in [5.74, 6) is -1.85. The first-order valence-electron chi connectivity index (χ1n) is 7.38. The van der Waals surface area contributed by atoms with Crippen molar-refractivity contribution in [2.75, 3.05) is 12.4 Å². The first-order valence-corrected chi connectivity index (χ1v) is 7.92. The number of nitrogens with two attached hydrogens (primary N) is 1. The highest BCUT2D eigenvalue weighted by atomic mass is 35.5. The molecule has 0 unspecified atom stereocenters. The molecule has 0 spiro atoms. The third-order valence-corrected chi connectivity index (χ3v) is 3.41. The van der Waals surface area contributed by atoms with Crippen molar-refractivity contribution in [3.8, 4) is 0 Å². The lowest BCUT2D eigenvalue weighted by molar-refractivity contribution is -0.136. The third kappa shape index (κ3) is 7.25. The molecule has 0 aliphatic heterocycles. The van der Waals surface area contributed by atoms with Crippen molar-refractivity contribution in [2.45, 2.75) is 31.9 Å². The van der Waals surface area contributed by atoms with E-state index in [1.165, 1.54) is 0 Å². The van der Waals surface area contributed by atoms with Crippen molar-refractivity contribution in [3.63, 3.8) is 0 Å². The molecule has 3 N–H and O–H groups in total. The Labute approximate surface area is 140 Å². The molecule has 0 aliphatic carbocycles. The molecule has 1 rings (SSSR count). The number of unbranched alkanes of at least 4 members (excludes halogenated alkanes) is 1. The fourth-order valence-corrected chi connectivity index (χ4v) is 2.06. The van der Waals surface area contributed by atoms with E-state index in [9.17, 15) is 14.4 Å². The Kier molecular flexibility index (Phi) is 8.94. The maximum Gasteiger partial charge on any atom is 0.408 e. The number of alkyl carbamates (subject to hydrolysis) is 1. The zero-order valence-corrected chi connectivity index (χ0v) is 13.6. The maximum atomic E-state index is 11.9. The minimum absolute atomic E-state index is 0.0832. The summed E-state index contributed by atoms with van der Waals surface area (Å²) in [7, 11) is 0. The smallest absolute Gasteiger partial charge is 0.408 e. The number of carbonyl (C=O) groups is 3. The van der Waals surface area contributed by atoms with Crippen LogP contribution in [0.3, 0.4) is 0 Å². The molecule has 0 saturated heterocycles. The van der Waals surface area contributed by atoms with Gasteiger partial charge in [0.1, 0.15) is 6.61 Å². The molecule has 0 aromatic heterocycles. The quantitative estimate of drug-likeness (QED) is 0.384. The van der Waals surface area contributed by atoms with Gasteiger partial charge >= 0.3 is 6.09 Å². The monoisotopic (exact) mass is 340 g/mol. The normalized spacial score (nSPS) is 11.6. The number of Topliss-reactive ketones (excluding diaryl/α,β-unsaturated/α-hetero) is 2. The number of benzene rings is 1. The van der Waals surface area contributed by atoms with Crippen LogP contribution in [0.15, 0.2) is 30.3 Å². The first kappa shape index (κ1) is 19.1. The van der Waals surface area contributed by atoms with Gasteiger partial charge in [0.25, 0.3) is 0 Å². The Bertz CT molecular complexity index is 522. The van der Waals surface area contributed by atoms with Crippen LogP contribution in [-0.2, 0) is 20.9 Å². The summed E-state index contributed by atoms with van der Waals surface area (Å²) in [4.78, 5) is 35.2.